The maximum atomic E-state index is 13.1. The van der Waals surface area contributed by atoms with E-state index >= 15 is 0 Å². The molecular weight excluding hydrogens is 404 g/mol. The van der Waals surface area contributed by atoms with Crippen molar-refractivity contribution in [3.63, 3.8) is 0 Å². The lowest BCUT2D eigenvalue weighted by Crippen LogP contribution is -2.41. The van der Waals surface area contributed by atoms with Gasteiger partial charge in [-0.25, -0.2) is 4.79 Å². The Balaban J connectivity index is 1.96. The van der Waals surface area contributed by atoms with E-state index in [1.165, 1.54) is 27.5 Å². The highest BCUT2D eigenvalue weighted by Gasteiger charge is 2.25. The molecule has 0 bridgehead atoms. The van der Waals surface area contributed by atoms with Gasteiger partial charge in [0.25, 0.3) is 5.56 Å². The second-order valence-electron chi connectivity index (χ2n) is 6.66. The fourth-order valence-electron chi connectivity index (χ4n) is 2.97. The number of anilines is 2. The zero-order chi connectivity index (χ0) is 21.5. The molecule has 0 aliphatic heterocycles. The van der Waals surface area contributed by atoms with Crippen LogP contribution in [0.5, 0.6) is 0 Å². The number of aromatic nitrogens is 2. The molecule has 0 saturated carbocycles. The number of nitrogens with two attached hydrogens (primary N) is 1. The van der Waals surface area contributed by atoms with Gasteiger partial charge in [-0.2, -0.15) is 0 Å². The summed E-state index contributed by atoms with van der Waals surface area (Å²) in [5, 5.41) is 0. The third-order valence-electron chi connectivity index (χ3n) is 4.52. The SMILES string of the molecule is CCCCn1c(N)c(N(Cc2ccco2)C(=O)CSc2ccccc2)c(=O)[nH]c1=O. The Hall–Kier alpha value is -3.20. The van der Waals surface area contributed by atoms with Crippen LogP contribution in [-0.4, -0.2) is 21.2 Å². The van der Waals surface area contributed by atoms with Gasteiger partial charge in [-0.05, 0) is 30.7 Å². The number of benzene rings is 1. The Bertz CT molecular complexity index is 1090. The summed E-state index contributed by atoms with van der Waals surface area (Å²) in [7, 11) is 0. The monoisotopic (exact) mass is 428 g/mol. The molecule has 0 aliphatic rings. The van der Waals surface area contributed by atoms with Crippen LogP contribution in [0, 0.1) is 0 Å². The molecule has 9 heteroatoms. The number of nitrogen functional groups attached to an aromatic ring is 1. The van der Waals surface area contributed by atoms with Crippen LogP contribution in [0.25, 0.3) is 0 Å². The summed E-state index contributed by atoms with van der Waals surface area (Å²) in [4.78, 5) is 42.5. The van der Waals surface area contributed by atoms with Gasteiger partial charge in [-0.1, -0.05) is 31.5 Å². The van der Waals surface area contributed by atoms with Crippen LogP contribution in [0.3, 0.4) is 0 Å². The Labute approximate surface area is 177 Å². The molecule has 3 rings (SSSR count). The Morgan fingerprint density at radius 2 is 1.97 bits per heavy atom. The summed E-state index contributed by atoms with van der Waals surface area (Å²) in [5.74, 6) is 0.246. The molecule has 3 N–H and O–H groups in total. The highest BCUT2D eigenvalue weighted by molar-refractivity contribution is 8.00. The number of carbonyl (C=O) groups is 1. The van der Waals surface area contributed by atoms with Crippen LogP contribution < -0.4 is 21.9 Å². The van der Waals surface area contributed by atoms with Crippen molar-refractivity contribution in [1.29, 1.82) is 0 Å². The third kappa shape index (κ3) is 5.04. The molecule has 0 fully saturated rings. The van der Waals surface area contributed by atoms with Crippen LogP contribution in [0.4, 0.5) is 11.5 Å². The molecule has 2 aromatic heterocycles. The number of carbonyl (C=O) groups excluding carboxylic acids is 1. The number of furan rings is 1. The first kappa shape index (κ1) is 21.5. The molecule has 3 aromatic rings. The molecule has 0 aliphatic carbocycles. The van der Waals surface area contributed by atoms with Gasteiger partial charge in [0.2, 0.25) is 5.91 Å². The summed E-state index contributed by atoms with van der Waals surface area (Å²) in [6.07, 6.45) is 3.06. The van der Waals surface area contributed by atoms with E-state index in [1.54, 1.807) is 12.1 Å². The summed E-state index contributed by atoms with van der Waals surface area (Å²) < 4.78 is 6.67. The molecule has 0 spiro atoms. The molecule has 0 saturated heterocycles. The Morgan fingerprint density at radius 1 is 1.20 bits per heavy atom. The normalized spacial score (nSPS) is 10.8. The second kappa shape index (κ2) is 10.0. The lowest BCUT2D eigenvalue weighted by molar-refractivity contribution is -0.116. The van der Waals surface area contributed by atoms with Crippen LogP contribution >= 0.6 is 11.8 Å². The van der Waals surface area contributed by atoms with E-state index in [0.717, 1.165) is 11.3 Å². The molecule has 0 atom stereocenters. The van der Waals surface area contributed by atoms with Crippen LogP contribution in [0.1, 0.15) is 25.5 Å². The van der Waals surface area contributed by atoms with E-state index in [9.17, 15) is 14.4 Å². The van der Waals surface area contributed by atoms with Crippen molar-refractivity contribution < 1.29 is 9.21 Å². The largest absolute Gasteiger partial charge is 0.467 e. The minimum atomic E-state index is -0.699. The first-order valence-electron chi connectivity index (χ1n) is 9.64. The lowest BCUT2D eigenvalue weighted by Gasteiger charge is -2.23. The highest BCUT2D eigenvalue weighted by Crippen LogP contribution is 2.23. The van der Waals surface area contributed by atoms with Gasteiger partial charge in [-0.15, -0.1) is 11.8 Å². The topological polar surface area (TPSA) is 114 Å². The molecule has 8 nitrogen and oxygen atoms in total. The first-order valence-corrected chi connectivity index (χ1v) is 10.6. The third-order valence-corrected chi connectivity index (χ3v) is 5.52. The van der Waals surface area contributed by atoms with Gasteiger partial charge in [-0.3, -0.25) is 24.0 Å². The maximum absolute atomic E-state index is 13.1. The molecule has 1 aromatic carbocycles. The first-order chi connectivity index (χ1) is 14.5. The van der Waals surface area contributed by atoms with Crippen LogP contribution in [-0.2, 0) is 17.9 Å². The average molecular weight is 429 g/mol. The van der Waals surface area contributed by atoms with Crippen molar-refractivity contribution in [1.82, 2.24) is 9.55 Å². The van der Waals surface area contributed by atoms with Crippen molar-refractivity contribution in [2.45, 2.75) is 37.8 Å². The number of hydrogen-bond acceptors (Lipinski definition) is 6. The number of nitrogens with zero attached hydrogens (tertiary/aromatic N) is 2. The van der Waals surface area contributed by atoms with Gasteiger partial charge >= 0.3 is 5.69 Å². The van der Waals surface area contributed by atoms with Crippen molar-refractivity contribution in [2.24, 2.45) is 0 Å². The molecule has 2 heterocycles. The number of hydrogen-bond donors (Lipinski definition) is 2. The summed E-state index contributed by atoms with van der Waals surface area (Å²) in [6.45, 7) is 2.37. The highest BCUT2D eigenvalue weighted by atomic mass is 32.2. The molecule has 0 radical (unpaired) electrons. The predicted octanol–water partition coefficient (Wildman–Crippen LogP) is 2.84. The van der Waals surface area contributed by atoms with Gasteiger partial charge in [0.05, 0.1) is 18.6 Å². The zero-order valence-electron chi connectivity index (χ0n) is 16.7. The van der Waals surface area contributed by atoms with E-state index in [1.807, 2.05) is 37.3 Å². The van der Waals surface area contributed by atoms with Gasteiger partial charge < -0.3 is 10.2 Å². The maximum Gasteiger partial charge on any atom is 0.330 e. The smallest absolute Gasteiger partial charge is 0.330 e. The fraction of sp³-hybridized carbons (Fsp3) is 0.286. The van der Waals surface area contributed by atoms with E-state index < -0.39 is 11.2 Å². The number of nitrogens with one attached hydrogen (secondary N) is 1. The van der Waals surface area contributed by atoms with Crippen molar-refractivity contribution in [3.05, 3.63) is 75.3 Å². The average Bonchev–Trinajstić information content (AvgIpc) is 3.25. The molecule has 0 unspecified atom stereocenters. The van der Waals surface area contributed by atoms with Crippen LogP contribution in [0.2, 0.25) is 0 Å². The van der Waals surface area contributed by atoms with E-state index in [4.69, 9.17) is 10.2 Å². The number of H-pyrrole nitrogens is 1. The van der Waals surface area contributed by atoms with E-state index in [0.29, 0.717) is 18.7 Å². The van der Waals surface area contributed by atoms with Crippen molar-refractivity contribution in [2.75, 3.05) is 16.4 Å². The predicted molar refractivity (Wildman–Crippen MR) is 118 cm³/mol. The molecule has 30 heavy (non-hydrogen) atoms. The van der Waals surface area contributed by atoms with Crippen LogP contribution in [0.15, 0.2) is 67.6 Å². The molecule has 1 amide bonds. The standard InChI is InChI=1S/C21H24N4O4S/c1-2-3-11-24-19(22)18(20(27)23-21(24)28)25(13-15-8-7-12-29-15)17(26)14-30-16-9-5-4-6-10-16/h4-10,12H,2-3,11,13-14,22H2,1H3,(H,23,27,28). The summed E-state index contributed by atoms with van der Waals surface area (Å²) in [6, 6.07) is 12.9. The summed E-state index contributed by atoms with van der Waals surface area (Å²) >= 11 is 1.35. The van der Waals surface area contributed by atoms with E-state index in [-0.39, 0.29) is 29.7 Å². The fourth-order valence-corrected chi connectivity index (χ4v) is 3.76. The number of rotatable bonds is 9. The second-order valence-corrected chi connectivity index (χ2v) is 7.71. The minimum absolute atomic E-state index is 0.0261. The number of amides is 1. The summed E-state index contributed by atoms with van der Waals surface area (Å²) in [5.41, 5.74) is 4.89. The zero-order valence-corrected chi connectivity index (χ0v) is 17.5. The Kier molecular flexibility index (Phi) is 7.18. The lowest BCUT2D eigenvalue weighted by atomic mass is 10.3. The molecule has 158 valence electrons. The van der Waals surface area contributed by atoms with E-state index in [2.05, 4.69) is 4.98 Å². The van der Waals surface area contributed by atoms with Gasteiger partial charge in [0.1, 0.15) is 11.6 Å². The van der Waals surface area contributed by atoms with Gasteiger partial charge in [0.15, 0.2) is 5.69 Å². The number of thioether (sulfide) groups is 1. The number of unbranched alkanes of at least 4 members (excludes halogenated alkanes) is 1. The van der Waals surface area contributed by atoms with Gasteiger partial charge in [0, 0.05) is 11.4 Å². The quantitative estimate of drug-likeness (QED) is 0.507. The minimum Gasteiger partial charge on any atom is -0.467 e. The van der Waals surface area contributed by atoms with Crippen molar-refractivity contribution >= 4 is 29.2 Å². The van der Waals surface area contributed by atoms with Crippen molar-refractivity contribution in [3.8, 4) is 0 Å². The number of aromatic amines is 1. The Morgan fingerprint density at radius 3 is 2.63 bits per heavy atom. The molecular formula is C21H24N4O4S.